The molecule has 2 aromatic rings. The first kappa shape index (κ1) is 17.0. The van der Waals surface area contributed by atoms with Gasteiger partial charge in [0.2, 0.25) is 0 Å². The third-order valence-corrected chi connectivity index (χ3v) is 3.34. The molecule has 0 heterocycles. The van der Waals surface area contributed by atoms with Gasteiger partial charge in [-0.2, -0.15) is 0 Å². The first-order valence-electron chi connectivity index (χ1n) is 7.79. The van der Waals surface area contributed by atoms with E-state index in [9.17, 15) is 9.90 Å². The fourth-order valence-electron chi connectivity index (χ4n) is 2.08. The van der Waals surface area contributed by atoms with Gasteiger partial charge in [-0.3, -0.25) is 4.79 Å². The van der Waals surface area contributed by atoms with Crippen LogP contribution in [-0.4, -0.2) is 17.7 Å². The summed E-state index contributed by atoms with van der Waals surface area (Å²) in [5.74, 6) is 0.335. The summed E-state index contributed by atoms with van der Waals surface area (Å²) in [6.45, 7) is 2.81. The molecular weight excluding hydrogens is 292 g/mol. The number of aliphatic hydroxyl groups is 1. The van der Waals surface area contributed by atoms with Crippen molar-refractivity contribution in [3.63, 3.8) is 0 Å². The molecule has 0 spiro atoms. The Bertz CT molecular complexity index is 593. The van der Waals surface area contributed by atoms with Gasteiger partial charge in [0.25, 0.3) is 0 Å². The van der Waals surface area contributed by atoms with Crippen LogP contribution in [0.1, 0.15) is 37.0 Å². The molecule has 0 saturated carbocycles. The lowest BCUT2D eigenvalue weighted by Crippen LogP contribution is -2.10. The SMILES string of the molecule is CCCOC(=O)CC(O)c1ccc(OCc2ccccc2)cc1. The van der Waals surface area contributed by atoms with Crippen molar-refractivity contribution in [3.8, 4) is 5.75 Å². The lowest BCUT2D eigenvalue weighted by molar-refractivity contribution is -0.146. The van der Waals surface area contributed by atoms with Gasteiger partial charge < -0.3 is 14.6 Å². The van der Waals surface area contributed by atoms with Crippen molar-refractivity contribution in [2.24, 2.45) is 0 Å². The van der Waals surface area contributed by atoms with Gasteiger partial charge in [-0.25, -0.2) is 0 Å². The maximum Gasteiger partial charge on any atom is 0.308 e. The van der Waals surface area contributed by atoms with E-state index in [0.717, 1.165) is 17.7 Å². The maximum atomic E-state index is 11.5. The lowest BCUT2D eigenvalue weighted by atomic mass is 10.1. The number of carbonyl (C=O) groups excluding carboxylic acids is 1. The standard InChI is InChI=1S/C19H22O4/c1-2-12-22-19(21)13-18(20)16-8-10-17(11-9-16)23-14-15-6-4-3-5-7-15/h3-11,18,20H,2,12-14H2,1H3. The van der Waals surface area contributed by atoms with E-state index in [0.29, 0.717) is 18.8 Å². The van der Waals surface area contributed by atoms with E-state index < -0.39 is 6.10 Å². The number of hydrogen-bond acceptors (Lipinski definition) is 4. The number of hydrogen-bond donors (Lipinski definition) is 1. The van der Waals surface area contributed by atoms with Gasteiger partial charge >= 0.3 is 5.97 Å². The Morgan fingerprint density at radius 3 is 2.43 bits per heavy atom. The van der Waals surface area contributed by atoms with Gasteiger partial charge in [0.1, 0.15) is 12.4 Å². The minimum atomic E-state index is -0.859. The van der Waals surface area contributed by atoms with Gasteiger partial charge in [0, 0.05) is 0 Å². The number of esters is 1. The number of benzene rings is 2. The molecule has 0 aliphatic rings. The molecule has 4 nitrogen and oxygen atoms in total. The first-order valence-corrected chi connectivity index (χ1v) is 7.79. The second-order valence-electron chi connectivity index (χ2n) is 5.28. The average Bonchev–Trinajstić information content (AvgIpc) is 2.59. The minimum absolute atomic E-state index is 0.0375. The molecule has 0 radical (unpaired) electrons. The Kier molecular flexibility index (Phi) is 6.63. The predicted octanol–water partition coefficient (Wildman–Crippen LogP) is 3.64. The third kappa shape index (κ3) is 5.75. The van der Waals surface area contributed by atoms with Crippen LogP contribution in [0, 0.1) is 0 Å². The Hall–Kier alpha value is -2.33. The molecule has 2 aromatic carbocycles. The summed E-state index contributed by atoms with van der Waals surface area (Å²) in [4.78, 5) is 11.5. The summed E-state index contributed by atoms with van der Waals surface area (Å²) in [7, 11) is 0. The molecule has 0 aliphatic carbocycles. The zero-order valence-corrected chi connectivity index (χ0v) is 13.3. The van der Waals surface area contributed by atoms with Crippen LogP contribution in [0.4, 0.5) is 0 Å². The number of carbonyl (C=O) groups is 1. The Morgan fingerprint density at radius 1 is 1.09 bits per heavy atom. The van der Waals surface area contributed by atoms with Crippen molar-refractivity contribution in [3.05, 3.63) is 65.7 Å². The van der Waals surface area contributed by atoms with Crippen LogP contribution in [0.2, 0.25) is 0 Å². The zero-order chi connectivity index (χ0) is 16.5. The summed E-state index contributed by atoms with van der Waals surface area (Å²) in [6, 6.07) is 17.0. The topological polar surface area (TPSA) is 55.8 Å². The molecule has 0 fully saturated rings. The number of aliphatic hydroxyl groups excluding tert-OH is 1. The highest BCUT2D eigenvalue weighted by Gasteiger charge is 2.14. The summed E-state index contributed by atoms with van der Waals surface area (Å²) < 4.78 is 10.7. The maximum absolute atomic E-state index is 11.5. The van der Waals surface area contributed by atoms with E-state index >= 15 is 0 Å². The van der Waals surface area contributed by atoms with Gasteiger partial charge in [0.05, 0.1) is 19.1 Å². The number of rotatable bonds is 8. The molecule has 1 atom stereocenters. The van der Waals surface area contributed by atoms with Gasteiger partial charge in [0.15, 0.2) is 0 Å². The summed E-state index contributed by atoms with van der Waals surface area (Å²) >= 11 is 0. The quantitative estimate of drug-likeness (QED) is 0.756. The molecular formula is C19H22O4. The van der Waals surface area contributed by atoms with Crippen molar-refractivity contribution < 1.29 is 19.4 Å². The lowest BCUT2D eigenvalue weighted by Gasteiger charge is -2.12. The number of ether oxygens (including phenoxy) is 2. The molecule has 0 amide bonds. The molecule has 0 bridgehead atoms. The molecule has 0 aromatic heterocycles. The molecule has 1 N–H and O–H groups in total. The van der Waals surface area contributed by atoms with E-state index in [2.05, 4.69) is 0 Å². The molecule has 2 rings (SSSR count). The minimum Gasteiger partial charge on any atom is -0.489 e. The van der Waals surface area contributed by atoms with Crippen LogP contribution < -0.4 is 4.74 Å². The second-order valence-corrected chi connectivity index (χ2v) is 5.28. The molecule has 122 valence electrons. The Labute approximate surface area is 136 Å². The Morgan fingerprint density at radius 2 is 1.78 bits per heavy atom. The van der Waals surface area contributed by atoms with Gasteiger partial charge in [-0.1, -0.05) is 49.4 Å². The average molecular weight is 314 g/mol. The zero-order valence-electron chi connectivity index (χ0n) is 13.3. The fraction of sp³-hybridized carbons (Fsp3) is 0.316. The van der Waals surface area contributed by atoms with E-state index in [1.54, 1.807) is 24.3 Å². The van der Waals surface area contributed by atoms with Crippen molar-refractivity contribution in [1.82, 2.24) is 0 Å². The first-order chi connectivity index (χ1) is 11.2. The Balaban J connectivity index is 1.85. The second kappa shape index (κ2) is 8.96. The van der Waals surface area contributed by atoms with Crippen LogP contribution in [0.5, 0.6) is 5.75 Å². The van der Waals surface area contributed by atoms with Crippen LogP contribution in [0.25, 0.3) is 0 Å². The highest BCUT2D eigenvalue weighted by atomic mass is 16.5. The van der Waals surface area contributed by atoms with Crippen molar-refractivity contribution in [2.45, 2.75) is 32.5 Å². The summed E-state index contributed by atoms with van der Waals surface area (Å²) in [5.41, 5.74) is 1.76. The van der Waals surface area contributed by atoms with Crippen molar-refractivity contribution in [1.29, 1.82) is 0 Å². The largest absolute Gasteiger partial charge is 0.489 e. The fourth-order valence-corrected chi connectivity index (χ4v) is 2.08. The van der Waals surface area contributed by atoms with E-state index in [-0.39, 0.29) is 12.4 Å². The molecule has 1 unspecified atom stereocenters. The van der Waals surface area contributed by atoms with Crippen molar-refractivity contribution >= 4 is 5.97 Å². The summed E-state index contributed by atoms with van der Waals surface area (Å²) in [5, 5.41) is 10.0. The highest BCUT2D eigenvalue weighted by molar-refractivity contribution is 5.70. The third-order valence-electron chi connectivity index (χ3n) is 3.34. The van der Waals surface area contributed by atoms with E-state index in [1.807, 2.05) is 37.3 Å². The normalized spacial score (nSPS) is 11.7. The van der Waals surface area contributed by atoms with Gasteiger partial charge in [-0.15, -0.1) is 0 Å². The molecule has 4 heteroatoms. The predicted molar refractivity (Wildman–Crippen MR) is 88.0 cm³/mol. The van der Waals surface area contributed by atoms with Crippen LogP contribution in [0.15, 0.2) is 54.6 Å². The van der Waals surface area contributed by atoms with Crippen LogP contribution >= 0.6 is 0 Å². The van der Waals surface area contributed by atoms with E-state index in [4.69, 9.17) is 9.47 Å². The molecule has 0 saturated heterocycles. The van der Waals surface area contributed by atoms with Gasteiger partial charge in [-0.05, 0) is 29.7 Å². The van der Waals surface area contributed by atoms with E-state index in [1.165, 1.54) is 0 Å². The van der Waals surface area contributed by atoms with Crippen LogP contribution in [-0.2, 0) is 16.1 Å². The molecule has 0 aliphatic heterocycles. The highest BCUT2D eigenvalue weighted by Crippen LogP contribution is 2.21. The molecule has 23 heavy (non-hydrogen) atoms. The summed E-state index contributed by atoms with van der Waals surface area (Å²) in [6.07, 6.45) is -0.123. The van der Waals surface area contributed by atoms with Crippen LogP contribution in [0.3, 0.4) is 0 Å². The monoisotopic (exact) mass is 314 g/mol. The smallest absolute Gasteiger partial charge is 0.308 e. The van der Waals surface area contributed by atoms with Crippen molar-refractivity contribution in [2.75, 3.05) is 6.61 Å².